The number of carbonyl (C=O) groups excluding carboxylic acids is 2. The molecule has 1 atom stereocenters. The highest BCUT2D eigenvalue weighted by atomic mass is 32.1. The van der Waals surface area contributed by atoms with Crippen molar-refractivity contribution >= 4 is 28.9 Å². The van der Waals surface area contributed by atoms with Gasteiger partial charge in [0.15, 0.2) is 5.60 Å². The van der Waals surface area contributed by atoms with Gasteiger partial charge in [-0.1, -0.05) is 42.5 Å². The number of ether oxygens (including phenoxy) is 1. The fourth-order valence-electron chi connectivity index (χ4n) is 3.15. The Balaban J connectivity index is 1.63. The Morgan fingerprint density at radius 3 is 2.54 bits per heavy atom. The Morgan fingerprint density at radius 1 is 1.04 bits per heavy atom. The van der Waals surface area contributed by atoms with Gasteiger partial charge in [-0.2, -0.15) is 0 Å². The molecule has 0 spiro atoms. The highest BCUT2D eigenvalue weighted by Crippen LogP contribution is 2.33. The van der Waals surface area contributed by atoms with E-state index >= 15 is 0 Å². The summed E-state index contributed by atoms with van der Waals surface area (Å²) in [6.07, 6.45) is 0.349. The van der Waals surface area contributed by atoms with Crippen LogP contribution in [0.3, 0.4) is 0 Å². The van der Waals surface area contributed by atoms with Gasteiger partial charge in [0.1, 0.15) is 0 Å². The zero-order valence-corrected chi connectivity index (χ0v) is 15.0. The van der Waals surface area contributed by atoms with Gasteiger partial charge in [0, 0.05) is 22.5 Å². The first-order chi connectivity index (χ1) is 12.6. The van der Waals surface area contributed by atoms with Crippen LogP contribution in [0.25, 0.3) is 10.4 Å². The van der Waals surface area contributed by atoms with E-state index in [0.29, 0.717) is 17.7 Å². The van der Waals surface area contributed by atoms with Crippen LogP contribution in [-0.4, -0.2) is 17.5 Å². The van der Waals surface area contributed by atoms with E-state index in [0.717, 1.165) is 16.0 Å². The van der Waals surface area contributed by atoms with Crippen LogP contribution in [0.4, 0.5) is 5.69 Å². The van der Waals surface area contributed by atoms with E-state index in [4.69, 9.17) is 4.74 Å². The Labute approximate surface area is 155 Å². The van der Waals surface area contributed by atoms with Gasteiger partial charge in [-0.15, -0.1) is 11.3 Å². The molecule has 1 aliphatic heterocycles. The number of carbonyl (C=O) groups is 2. The summed E-state index contributed by atoms with van der Waals surface area (Å²) >= 11 is 1.61. The number of hydrogen-bond donors (Lipinski definition) is 1. The number of hydrogen-bond acceptors (Lipinski definition) is 4. The first-order valence-corrected chi connectivity index (χ1v) is 9.20. The standard InChI is InChI=1S/C21H17NO3S/c1-21(13-14-7-2-3-8-15(14)19(23)25-21)20(24)22-17-10-5-4-9-16(17)18-11-6-12-26-18/h2-12H,13H2,1H3,(H,22,24). The van der Waals surface area contributed by atoms with Crippen molar-refractivity contribution < 1.29 is 14.3 Å². The van der Waals surface area contributed by atoms with Crippen molar-refractivity contribution in [2.45, 2.75) is 18.9 Å². The van der Waals surface area contributed by atoms with Gasteiger partial charge >= 0.3 is 5.97 Å². The van der Waals surface area contributed by atoms with E-state index in [1.807, 2.05) is 53.9 Å². The average molecular weight is 363 g/mol. The highest BCUT2D eigenvalue weighted by molar-refractivity contribution is 7.13. The second-order valence-corrected chi connectivity index (χ2v) is 7.38. The number of benzene rings is 2. The predicted molar refractivity (Wildman–Crippen MR) is 102 cm³/mol. The van der Waals surface area contributed by atoms with Gasteiger partial charge in [-0.05, 0) is 36.1 Å². The van der Waals surface area contributed by atoms with Gasteiger partial charge in [0.25, 0.3) is 5.91 Å². The van der Waals surface area contributed by atoms with Crippen molar-refractivity contribution in [3.8, 4) is 10.4 Å². The predicted octanol–water partition coefficient (Wildman–Crippen LogP) is 4.53. The summed E-state index contributed by atoms with van der Waals surface area (Å²) in [5.41, 5.74) is 1.76. The van der Waals surface area contributed by atoms with Crippen molar-refractivity contribution in [2.75, 3.05) is 5.32 Å². The second-order valence-electron chi connectivity index (χ2n) is 6.43. The molecule has 0 aliphatic carbocycles. The largest absolute Gasteiger partial charge is 0.445 e. The third-order valence-electron chi connectivity index (χ3n) is 4.53. The highest BCUT2D eigenvalue weighted by Gasteiger charge is 2.42. The van der Waals surface area contributed by atoms with Gasteiger partial charge in [0.2, 0.25) is 0 Å². The number of para-hydroxylation sites is 1. The molecular formula is C21H17NO3S. The maximum absolute atomic E-state index is 13.0. The molecule has 0 saturated heterocycles. The minimum atomic E-state index is -1.24. The molecule has 0 radical (unpaired) electrons. The molecule has 1 unspecified atom stereocenters. The summed E-state index contributed by atoms with van der Waals surface area (Å²) in [6, 6.07) is 18.8. The number of esters is 1. The molecule has 1 N–H and O–H groups in total. The lowest BCUT2D eigenvalue weighted by Crippen LogP contribution is -2.48. The van der Waals surface area contributed by atoms with Crippen LogP contribution < -0.4 is 5.32 Å². The number of fused-ring (bicyclic) bond motifs is 1. The number of nitrogens with one attached hydrogen (secondary N) is 1. The molecule has 1 aromatic heterocycles. The molecule has 5 heteroatoms. The smallest absolute Gasteiger partial charge is 0.339 e. The molecule has 0 saturated carbocycles. The molecule has 4 rings (SSSR count). The molecule has 26 heavy (non-hydrogen) atoms. The van der Waals surface area contributed by atoms with Crippen molar-refractivity contribution in [3.63, 3.8) is 0 Å². The lowest BCUT2D eigenvalue weighted by molar-refractivity contribution is -0.134. The minimum Gasteiger partial charge on any atom is -0.445 e. The molecule has 2 heterocycles. The van der Waals surface area contributed by atoms with Crippen molar-refractivity contribution in [1.29, 1.82) is 0 Å². The lowest BCUT2D eigenvalue weighted by atomic mass is 9.89. The average Bonchev–Trinajstić information content (AvgIpc) is 3.16. The Morgan fingerprint density at radius 2 is 1.77 bits per heavy atom. The Kier molecular flexibility index (Phi) is 4.09. The molecule has 2 aromatic carbocycles. The van der Waals surface area contributed by atoms with Crippen LogP contribution in [0.1, 0.15) is 22.8 Å². The third-order valence-corrected chi connectivity index (χ3v) is 5.43. The fourth-order valence-corrected chi connectivity index (χ4v) is 3.92. The molecule has 130 valence electrons. The SMILES string of the molecule is CC1(C(=O)Nc2ccccc2-c2cccs2)Cc2ccccc2C(=O)O1. The Bertz CT molecular complexity index is 980. The molecule has 4 nitrogen and oxygen atoms in total. The van der Waals surface area contributed by atoms with E-state index in [1.54, 1.807) is 30.4 Å². The van der Waals surface area contributed by atoms with Gasteiger partial charge in [-0.25, -0.2) is 4.79 Å². The van der Waals surface area contributed by atoms with Crippen molar-refractivity contribution in [2.24, 2.45) is 0 Å². The molecule has 3 aromatic rings. The molecule has 1 amide bonds. The monoisotopic (exact) mass is 363 g/mol. The van der Waals surface area contributed by atoms with E-state index < -0.39 is 11.6 Å². The van der Waals surface area contributed by atoms with Gasteiger partial charge < -0.3 is 10.1 Å². The molecule has 0 bridgehead atoms. The summed E-state index contributed by atoms with van der Waals surface area (Å²) in [4.78, 5) is 26.4. The zero-order valence-electron chi connectivity index (χ0n) is 14.2. The van der Waals surface area contributed by atoms with E-state index in [9.17, 15) is 9.59 Å². The lowest BCUT2D eigenvalue weighted by Gasteiger charge is -2.33. The minimum absolute atomic E-state index is 0.329. The topological polar surface area (TPSA) is 55.4 Å². The summed E-state index contributed by atoms with van der Waals surface area (Å²) in [5.74, 6) is -0.791. The van der Waals surface area contributed by atoms with Crippen LogP contribution in [0.15, 0.2) is 66.0 Å². The first kappa shape index (κ1) is 16.5. The number of cyclic esters (lactones) is 1. The summed E-state index contributed by atoms with van der Waals surface area (Å²) in [6.45, 7) is 1.66. The molecule has 0 fully saturated rings. The first-order valence-electron chi connectivity index (χ1n) is 8.32. The second kappa shape index (κ2) is 6.42. The number of thiophene rings is 1. The van der Waals surface area contributed by atoms with Crippen LogP contribution >= 0.6 is 11.3 Å². The summed E-state index contributed by atoms with van der Waals surface area (Å²) < 4.78 is 5.52. The summed E-state index contributed by atoms with van der Waals surface area (Å²) in [5, 5.41) is 4.95. The normalized spacial score (nSPS) is 18.7. The number of rotatable bonds is 3. The van der Waals surface area contributed by atoms with Crippen LogP contribution in [0.5, 0.6) is 0 Å². The van der Waals surface area contributed by atoms with Crippen molar-refractivity contribution in [3.05, 3.63) is 77.2 Å². The quantitative estimate of drug-likeness (QED) is 0.696. The fraction of sp³-hybridized carbons (Fsp3) is 0.143. The summed E-state index contributed by atoms with van der Waals surface area (Å²) in [7, 11) is 0. The number of anilines is 1. The van der Waals surface area contributed by atoms with Crippen molar-refractivity contribution in [1.82, 2.24) is 0 Å². The molecule has 1 aliphatic rings. The molecular weight excluding hydrogens is 346 g/mol. The maximum atomic E-state index is 13.0. The van der Waals surface area contributed by atoms with E-state index in [1.165, 1.54) is 0 Å². The van der Waals surface area contributed by atoms with Crippen LogP contribution in [0, 0.1) is 0 Å². The Hall–Kier alpha value is -2.92. The van der Waals surface area contributed by atoms with Crippen LogP contribution in [0.2, 0.25) is 0 Å². The third kappa shape index (κ3) is 2.91. The van der Waals surface area contributed by atoms with Gasteiger partial charge in [-0.3, -0.25) is 4.79 Å². The van der Waals surface area contributed by atoms with Crippen LogP contribution in [-0.2, 0) is 16.0 Å². The van der Waals surface area contributed by atoms with Gasteiger partial charge in [0.05, 0.1) is 5.56 Å². The van der Waals surface area contributed by atoms with E-state index in [2.05, 4.69) is 5.32 Å². The van der Waals surface area contributed by atoms with E-state index in [-0.39, 0.29) is 5.91 Å². The maximum Gasteiger partial charge on any atom is 0.339 e. The zero-order chi connectivity index (χ0) is 18.1. The number of amides is 1.